The molecule has 5 rings (SSSR count). The molecule has 1 saturated heterocycles. The van der Waals surface area contributed by atoms with Gasteiger partial charge in [-0.1, -0.05) is 78.9 Å². The normalized spacial score (nSPS) is 16.4. The van der Waals surface area contributed by atoms with E-state index in [0.717, 1.165) is 11.1 Å². The SMILES string of the molecule is CC(C)(C)OC(=O)N1C[C@H](n2ccc(NC(=O)c3ccccc3)nc2=O)C[C@@H]1C(=O)OC(c1ccccc1)c1ccccc1. The van der Waals surface area contributed by atoms with Crippen LogP contribution in [0.25, 0.3) is 0 Å². The molecule has 1 N–H and O–H groups in total. The molecule has 0 saturated carbocycles. The largest absolute Gasteiger partial charge is 0.451 e. The van der Waals surface area contributed by atoms with Crippen molar-refractivity contribution in [1.82, 2.24) is 14.5 Å². The Morgan fingerprint density at radius 1 is 0.864 bits per heavy atom. The number of rotatable bonds is 7. The second kappa shape index (κ2) is 12.9. The third-order valence-electron chi connectivity index (χ3n) is 7.12. The second-order valence-corrected chi connectivity index (χ2v) is 11.5. The average molecular weight is 595 g/mol. The number of hydrogen-bond donors (Lipinski definition) is 1. The van der Waals surface area contributed by atoms with Gasteiger partial charge in [0.1, 0.15) is 17.5 Å². The smallest absolute Gasteiger partial charge is 0.411 e. The van der Waals surface area contributed by atoms with Crippen LogP contribution in [0.5, 0.6) is 0 Å². The molecule has 2 heterocycles. The highest BCUT2D eigenvalue weighted by atomic mass is 16.6. The average Bonchev–Trinajstić information content (AvgIpc) is 3.46. The van der Waals surface area contributed by atoms with E-state index in [-0.39, 0.29) is 18.8 Å². The molecular weight excluding hydrogens is 560 g/mol. The van der Waals surface area contributed by atoms with E-state index in [1.165, 1.54) is 21.7 Å². The number of nitrogens with one attached hydrogen (secondary N) is 1. The van der Waals surface area contributed by atoms with Crippen LogP contribution in [0.15, 0.2) is 108 Å². The lowest BCUT2D eigenvalue weighted by atomic mass is 10.0. The van der Waals surface area contributed by atoms with Gasteiger partial charge in [0.25, 0.3) is 5.91 Å². The van der Waals surface area contributed by atoms with Crippen molar-refractivity contribution in [2.75, 3.05) is 11.9 Å². The molecule has 0 aliphatic carbocycles. The van der Waals surface area contributed by atoms with E-state index in [1.54, 1.807) is 51.1 Å². The van der Waals surface area contributed by atoms with E-state index in [4.69, 9.17) is 9.47 Å². The third kappa shape index (κ3) is 7.20. The van der Waals surface area contributed by atoms with E-state index >= 15 is 0 Å². The van der Waals surface area contributed by atoms with Crippen LogP contribution >= 0.6 is 0 Å². The highest BCUT2D eigenvalue weighted by Gasteiger charge is 2.44. The number of amides is 2. The molecule has 10 heteroatoms. The number of anilines is 1. The van der Waals surface area contributed by atoms with Gasteiger partial charge in [-0.25, -0.2) is 14.4 Å². The fourth-order valence-corrected chi connectivity index (χ4v) is 5.08. The molecule has 1 aromatic heterocycles. The predicted octanol–water partition coefficient (Wildman–Crippen LogP) is 5.38. The molecular formula is C34H34N4O6. The van der Waals surface area contributed by atoms with Crippen molar-refractivity contribution in [3.63, 3.8) is 0 Å². The first kappa shape index (κ1) is 30.2. The predicted molar refractivity (Wildman–Crippen MR) is 164 cm³/mol. The summed E-state index contributed by atoms with van der Waals surface area (Å²) in [5.41, 5.74) is 0.536. The van der Waals surface area contributed by atoms with Gasteiger partial charge in [0.15, 0.2) is 6.10 Å². The lowest BCUT2D eigenvalue weighted by molar-refractivity contribution is -0.152. The Labute approximate surface area is 255 Å². The molecule has 0 radical (unpaired) electrons. The quantitative estimate of drug-likeness (QED) is 0.285. The molecule has 226 valence electrons. The minimum atomic E-state index is -1.02. The summed E-state index contributed by atoms with van der Waals surface area (Å²) in [4.78, 5) is 58.2. The summed E-state index contributed by atoms with van der Waals surface area (Å²) in [6.45, 7) is 5.24. The van der Waals surface area contributed by atoms with Crippen molar-refractivity contribution < 1.29 is 23.9 Å². The Hall–Kier alpha value is -5.25. The maximum absolute atomic E-state index is 13.8. The van der Waals surface area contributed by atoms with Gasteiger partial charge in [-0.2, -0.15) is 4.98 Å². The zero-order valence-electron chi connectivity index (χ0n) is 24.8. The molecule has 2 atom stereocenters. The Morgan fingerprint density at radius 3 is 1.98 bits per heavy atom. The van der Waals surface area contributed by atoms with Crippen LogP contribution in [0.3, 0.4) is 0 Å². The van der Waals surface area contributed by atoms with Gasteiger partial charge in [0, 0.05) is 24.7 Å². The third-order valence-corrected chi connectivity index (χ3v) is 7.12. The first-order valence-corrected chi connectivity index (χ1v) is 14.3. The summed E-state index contributed by atoms with van der Waals surface area (Å²) < 4.78 is 13.1. The van der Waals surface area contributed by atoms with Crippen molar-refractivity contribution >= 4 is 23.8 Å². The van der Waals surface area contributed by atoms with Crippen LogP contribution in [0.4, 0.5) is 10.6 Å². The first-order chi connectivity index (χ1) is 21.1. The monoisotopic (exact) mass is 594 g/mol. The number of esters is 1. The van der Waals surface area contributed by atoms with Crippen LogP contribution in [0.2, 0.25) is 0 Å². The number of carbonyl (C=O) groups excluding carboxylic acids is 3. The lowest BCUT2D eigenvalue weighted by Gasteiger charge is -2.28. The molecule has 10 nitrogen and oxygen atoms in total. The lowest BCUT2D eigenvalue weighted by Crippen LogP contribution is -2.44. The number of hydrogen-bond acceptors (Lipinski definition) is 7. The van der Waals surface area contributed by atoms with Gasteiger partial charge >= 0.3 is 17.8 Å². The Balaban J connectivity index is 1.39. The fraction of sp³-hybridized carbons (Fsp3) is 0.265. The first-order valence-electron chi connectivity index (χ1n) is 14.3. The number of aromatic nitrogens is 2. The van der Waals surface area contributed by atoms with E-state index < -0.39 is 47.4 Å². The molecule has 1 fully saturated rings. The van der Waals surface area contributed by atoms with Crippen molar-refractivity contribution in [3.8, 4) is 0 Å². The Kier molecular flexibility index (Phi) is 8.89. The van der Waals surface area contributed by atoms with Gasteiger partial charge in [0.05, 0.1) is 6.04 Å². The number of carbonyl (C=O) groups is 3. The highest BCUT2D eigenvalue weighted by Crippen LogP contribution is 2.32. The molecule has 4 aromatic rings. The summed E-state index contributed by atoms with van der Waals surface area (Å²) in [5.74, 6) is -0.933. The second-order valence-electron chi connectivity index (χ2n) is 11.5. The molecule has 0 spiro atoms. The molecule has 1 aliphatic heterocycles. The van der Waals surface area contributed by atoms with E-state index in [0.29, 0.717) is 5.56 Å². The topological polar surface area (TPSA) is 120 Å². The van der Waals surface area contributed by atoms with Gasteiger partial charge in [0.2, 0.25) is 0 Å². The minimum absolute atomic E-state index is 0.0212. The van der Waals surface area contributed by atoms with Gasteiger partial charge in [-0.3, -0.25) is 14.3 Å². The minimum Gasteiger partial charge on any atom is -0.451 e. The summed E-state index contributed by atoms with van der Waals surface area (Å²) in [6.07, 6.45) is 0.205. The Morgan fingerprint density at radius 2 is 1.43 bits per heavy atom. The van der Waals surface area contributed by atoms with Crippen LogP contribution in [0.1, 0.15) is 60.8 Å². The zero-order chi connectivity index (χ0) is 31.3. The molecule has 3 aromatic carbocycles. The number of ether oxygens (including phenoxy) is 2. The van der Waals surface area contributed by atoms with Gasteiger partial charge in [-0.15, -0.1) is 0 Å². The molecule has 1 aliphatic rings. The van der Waals surface area contributed by atoms with E-state index in [2.05, 4.69) is 10.3 Å². The zero-order valence-corrected chi connectivity index (χ0v) is 24.8. The van der Waals surface area contributed by atoms with Gasteiger partial charge < -0.3 is 14.8 Å². The molecule has 0 unspecified atom stereocenters. The Bertz CT molecular complexity index is 1630. The summed E-state index contributed by atoms with van der Waals surface area (Å²) in [7, 11) is 0. The van der Waals surface area contributed by atoms with Crippen LogP contribution in [-0.2, 0) is 14.3 Å². The molecule has 44 heavy (non-hydrogen) atoms. The van der Waals surface area contributed by atoms with Crippen molar-refractivity contribution in [2.45, 2.75) is 51.0 Å². The maximum Gasteiger partial charge on any atom is 0.411 e. The fourth-order valence-electron chi connectivity index (χ4n) is 5.08. The van der Waals surface area contributed by atoms with Crippen LogP contribution in [-0.4, -0.2) is 50.6 Å². The van der Waals surface area contributed by atoms with Crippen LogP contribution in [0, 0.1) is 0 Å². The maximum atomic E-state index is 13.8. The van der Waals surface area contributed by atoms with Crippen molar-refractivity contribution in [1.29, 1.82) is 0 Å². The van der Waals surface area contributed by atoms with Gasteiger partial charge in [-0.05, 0) is 50.1 Å². The van der Waals surface area contributed by atoms with E-state index in [9.17, 15) is 19.2 Å². The highest BCUT2D eigenvalue weighted by molar-refractivity contribution is 6.03. The molecule has 2 amide bonds. The van der Waals surface area contributed by atoms with Crippen molar-refractivity contribution in [2.24, 2.45) is 0 Å². The van der Waals surface area contributed by atoms with Crippen LogP contribution < -0.4 is 11.0 Å². The summed E-state index contributed by atoms with van der Waals surface area (Å²) >= 11 is 0. The number of nitrogens with zero attached hydrogens (tertiary/aromatic N) is 3. The standard InChI is InChI=1S/C34H34N4O6/c1-34(2,3)44-33(42)38-22-26(37-20-19-28(36-32(37)41)35-30(39)25-17-11-6-12-18-25)21-27(38)31(40)43-29(23-13-7-4-8-14-23)24-15-9-5-10-16-24/h4-20,26-27,29H,21-22H2,1-3H3,(H,35,36,39,41)/t26-,27-/m1/s1. The summed E-state index contributed by atoms with van der Waals surface area (Å²) in [5, 5.41) is 2.63. The number of likely N-dealkylation sites (tertiary alicyclic amines) is 1. The summed E-state index contributed by atoms with van der Waals surface area (Å²) in [6, 6.07) is 27.2. The van der Waals surface area contributed by atoms with Crippen molar-refractivity contribution in [3.05, 3.63) is 130 Å². The number of benzene rings is 3. The van der Waals surface area contributed by atoms with E-state index in [1.807, 2.05) is 60.7 Å². The molecule has 0 bridgehead atoms.